The number of unbranched alkanes of at least 4 members (excludes halogenated alkanes) is 1. The Balaban J connectivity index is 2.65. The van der Waals surface area contributed by atoms with Crippen LogP contribution in [0.25, 0.3) is 10.9 Å². The Bertz CT molecular complexity index is 596. The van der Waals surface area contributed by atoms with Crippen molar-refractivity contribution in [2.45, 2.75) is 40.0 Å². The first-order valence-corrected chi connectivity index (χ1v) is 6.25. The van der Waals surface area contributed by atoms with Gasteiger partial charge in [0.1, 0.15) is 0 Å². The van der Waals surface area contributed by atoms with Crippen LogP contribution in [0.5, 0.6) is 0 Å². The van der Waals surface area contributed by atoms with Gasteiger partial charge in [0.15, 0.2) is 5.43 Å². The third-order valence-corrected chi connectivity index (χ3v) is 3.25. The van der Waals surface area contributed by atoms with Crippen LogP contribution in [0.15, 0.2) is 23.0 Å². The fourth-order valence-corrected chi connectivity index (χ4v) is 2.22. The van der Waals surface area contributed by atoms with Crippen molar-refractivity contribution in [1.29, 1.82) is 0 Å². The first kappa shape index (κ1) is 11.9. The highest BCUT2D eigenvalue weighted by Gasteiger charge is 2.08. The summed E-state index contributed by atoms with van der Waals surface area (Å²) in [5, 5.41) is 0.821. The molecule has 0 radical (unpaired) electrons. The minimum atomic E-state index is 0.202. The summed E-state index contributed by atoms with van der Waals surface area (Å²) >= 11 is 0. The number of nitrogens with one attached hydrogen (secondary N) is 1. The minimum Gasteiger partial charge on any atom is -0.358 e. The highest BCUT2D eigenvalue weighted by Crippen LogP contribution is 2.14. The average molecular weight is 229 g/mol. The summed E-state index contributed by atoms with van der Waals surface area (Å²) < 4.78 is 0. The summed E-state index contributed by atoms with van der Waals surface area (Å²) in [4.78, 5) is 15.7. The molecule has 17 heavy (non-hydrogen) atoms. The van der Waals surface area contributed by atoms with Crippen LogP contribution in [0.2, 0.25) is 0 Å². The van der Waals surface area contributed by atoms with Crippen LogP contribution in [0.1, 0.15) is 36.6 Å². The summed E-state index contributed by atoms with van der Waals surface area (Å²) in [6.45, 7) is 6.16. The predicted octanol–water partition coefficient (Wildman–Crippen LogP) is 3.49. The lowest BCUT2D eigenvalue weighted by molar-refractivity contribution is 0.784. The van der Waals surface area contributed by atoms with Crippen LogP contribution >= 0.6 is 0 Å². The quantitative estimate of drug-likeness (QED) is 0.858. The van der Waals surface area contributed by atoms with Gasteiger partial charge in [-0.3, -0.25) is 4.79 Å². The Hall–Kier alpha value is -1.57. The lowest BCUT2D eigenvalue weighted by atomic mass is 10.0. The molecule has 0 atom stereocenters. The fraction of sp³-hybridized carbons (Fsp3) is 0.400. The van der Waals surface area contributed by atoms with Gasteiger partial charge in [0, 0.05) is 22.2 Å². The molecular weight excluding hydrogens is 210 g/mol. The van der Waals surface area contributed by atoms with E-state index >= 15 is 0 Å². The molecule has 0 spiro atoms. The van der Waals surface area contributed by atoms with E-state index < -0.39 is 0 Å². The second-order valence-corrected chi connectivity index (χ2v) is 4.71. The third kappa shape index (κ3) is 2.26. The molecule has 0 aliphatic carbocycles. The number of rotatable bonds is 3. The molecule has 90 valence electrons. The van der Waals surface area contributed by atoms with Gasteiger partial charge in [-0.1, -0.05) is 25.0 Å². The lowest BCUT2D eigenvalue weighted by Gasteiger charge is -2.08. The Kier molecular flexibility index (Phi) is 3.32. The van der Waals surface area contributed by atoms with Crippen molar-refractivity contribution in [3.8, 4) is 0 Å². The van der Waals surface area contributed by atoms with Crippen molar-refractivity contribution in [2.75, 3.05) is 0 Å². The van der Waals surface area contributed by atoms with E-state index in [9.17, 15) is 4.79 Å². The van der Waals surface area contributed by atoms with Crippen molar-refractivity contribution in [2.24, 2.45) is 0 Å². The van der Waals surface area contributed by atoms with E-state index in [0.717, 1.165) is 47.0 Å². The number of fused-ring (bicyclic) bond motifs is 1. The summed E-state index contributed by atoms with van der Waals surface area (Å²) in [5.41, 5.74) is 4.24. The summed E-state index contributed by atoms with van der Waals surface area (Å²) in [6, 6.07) is 6.00. The van der Waals surface area contributed by atoms with Gasteiger partial charge in [0.2, 0.25) is 0 Å². The van der Waals surface area contributed by atoms with Crippen LogP contribution < -0.4 is 5.43 Å². The average Bonchev–Trinajstić information content (AvgIpc) is 2.30. The highest BCUT2D eigenvalue weighted by atomic mass is 16.1. The molecule has 2 aromatic rings. The molecular formula is C15H19NO. The van der Waals surface area contributed by atoms with Crippen LogP contribution in [0, 0.1) is 13.8 Å². The molecule has 1 aromatic carbocycles. The van der Waals surface area contributed by atoms with E-state index in [4.69, 9.17) is 0 Å². The molecule has 0 fully saturated rings. The molecule has 0 saturated carbocycles. The minimum absolute atomic E-state index is 0.202. The summed E-state index contributed by atoms with van der Waals surface area (Å²) in [7, 11) is 0. The number of hydrogen-bond donors (Lipinski definition) is 1. The molecule has 1 aromatic heterocycles. The Labute approximate surface area is 102 Å². The number of pyridine rings is 1. The number of hydrogen-bond acceptors (Lipinski definition) is 1. The smallest absolute Gasteiger partial charge is 0.192 e. The SMILES string of the molecule is CCCCc1c(C)[nH]c2ccc(C)cc2c1=O. The summed E-state index contributed by atoms with van der Waals surface area (Å²) in [6.07, 6.45) is 3.06. The number of aryl methyl sites for hydroxylation is 2. The molecule has 1 heterocycles. The van der Waals surface area contributed by atoms with Crippen molar-refractivity contribution < 1.29 is 0 Å². The van der Waals surface area contributed by atoms with Crippen molar-refractivity contribution in [1.82, 2.24) is 4.98 Å². The number of aromatic nitrogens is 1. The molecule has 2 rings (SSSR count). The van der Waals surface area contributed by atoms with E-state index in [2.05, 4.69) is 11.9 Å². The van der Waals surface area contributed by atoms with Crippen LogP contribution in [0.4, 0.5) is 0 Å². The van der Waals surface area contributed by atoms with E-state index in [1.54, 1.807) is 0 Å². The van der Waals surface area contributed by atoms with Gasteiger partial charge in [-0.2, -0.15) is 0 Å². The molecule has 0 amide bonds. The third-order valence-electron chi connectivity index (χ3n) is 3.25. The Morgan fingerprint density at radius 3 is 2.71 bits per heavy atom. The van der Waals surface area contributed by atoms with Crippen LogP contribution in [0.3, 0.4) is 0 Å². The van der Waals surface area contributed by atoms with Crippen molar-refractivity contribution >= 4 is 10.9 Å². The van der Waals surface area contributed by atoms with Crippen molar-refractivity contribution in [3.63, 3.8) is 0 Å². The van der Waals surface area contributed by atoms with Gasteiger partial charge >= 0.3 is 0 Å². The van der Waals surface area contributed by atoms with Gasteiger partial charge in [-0.05, 0) is 38.8 Å². The largest absolute Gasteiger partial charge is 0.358 e. The fourth-order valence-electron chi connectivity index (χ4n) is 2.22. The topological polar surface area (TPSA) is 32.9 Å². The monoisotopic (exact) mass is 229 g/mol. The molecule has 0 aliphatic heterocycles. The molecule has 0 aliphatic rings. The number of benzene rings is 1. The molecule has 2 heteroatoms. The molecule has 2 nitrogen and oxygen atoms in total. The van der Waals surface area contributed by atoms with E-state index in [0.29, 0.717) is 0 Å². The highest BCUT2D eigenvalue weighted by molar-refractivity contribution is 5.80. The molecule has 0 saturated heterocycles. The Morgan fingerprint density at radius 1 is 1.24 bits per heavy atom. The van der Waals surface area contributed by atoms with Gasteiger partial charge in [-0.25, -0.2) is 0 Å². The van der Waals surface area contributed by atoms with E-state index in [-0.39, 0.29) is 5.43 Å². The molecule has 1 N–H and O–H groups in total. The van der Waals surface area contributed by atoms with Gasteiger partial charge < -0.3 is 4.98 Å². The lowest BCUT2D eigenvalue weighted by Crippen LogP contribution is -2.13. The summed E-state index contributed by atoms with van der Waals surface area (Å²) in [5.74, 6) is 0. The van der Waals surface area contributed by atoms with E-state index in [1.807, 2.05) is 32.0 Å². The molecule has 0 bridgehead atoms. The maximum atomic E-state index is 12.4. The van der Waals surface area contributed by atoms with E-state index in [1.165, 1.54) is 0 Å². The predicted molar refractivity (Wildman–Crippen MR) is 72.7 cm³/mol. The van der Waals surface area contributed by atoms with Gasteiger partial charge in [0.05, 0.1) is 0 Å². The van der Waals surface area contributed by atoms with Crippen LogP contribution in [-0.4, -0.2) is 4.98 Å². The standard InChI is InChI=1S/C15H19NO/c1-4-5-6-12-11(3)16-14-8-7-10(2)9-13(14)15(12)17/h7-9H,4-6H2,1-3H3,(H,16,17). The maximum Gasteiger partial charge on any atom is 0.192 e. The Morgan fingerprint density at radius 2 is 2.00 bits per heavy atom. The van der Waals surface area contributed by atoms with Crippen molar-refractivity contribution in [3.05, 3.63) is 45.2 Å². The molecule has 0 unspecified atom stereocenters. The number of H-pyrrole nitrogens is 1. The first-order chi connectivity index (χ1) is 8.13. The second-order valence-electron chi connectivity index (χ2n) is 4.71. The zero-order valence-electron chi connectivity index (χ0n) is 10.8. The van der Waals surface area contributed by atoms with Gasteiger partial charge in [0.25, 0.3) is 0 Å². The maximum absolute atomic E-state index is 12.4. The second kappa shape index (κ2) is 4.74. The zero-order chi connectivity index (χ0) is 12.4. The number of aromatic amines is 1. The normalized spacial score (nSPS) is 11.0. The van der Waals surface area contributed by atoms with Gasteiger partial charge in [-0.15, -0.1) is 0 Å². The van der Waals surface area contributed by atoms with Crippen LogP contribution in [-0.2, 0) is 6.42 Å². The first-order valence-electron chi connectivity index (χ1n) is 6.25. The zero-order valence-corrected chi connectivity index (χ0v) is 10.8.